The number of ether oxygens (including phenoxy) is 4. The number of rotatable bonds is 10. The number of halogens is 3. The molecule has 0 bridgehead atoms. The molecule has 0 radical (unpaired) electrons. The van der Waals surface area contributed by atoms with E-state index in [-0.39, 0.29) is 26.4 Å². The number of benzene rings is 1. The Labute approximate surface area is 154 Å². The van der Waals surface area contributed by atoms with Crippen molar-refractivity contribution in [2.24, 2.45) is 0 Å². The van der Waals surface area contributed by atoms with E-state index in [4.69, 9.17) is 20.6 Å². The van der Waals surface area contributed by atoms with Gasteiger partial charge < -0.3 is 18.9 Å². The summed E-state index contributed by atoms with van der Waals surface area (Å²) in [7, 11) is 0. The number of alkyl halides is 3. The number of carbonyl (C=O) groups excluding carboxylic acids is 2. The van der Waals surface area contributed by atoms with Crippen LogP contribution in [0, 0.1) is 12.3 Å². The van der Waals surface area contributed by atoms with Crippen LogP contribution in [0.1, 0.15) is 22.8 Å². The molecule has 1 aromatic carbocycles. The summed E-state index contributed by atoms with van der Waals surface area (Å²) in [4.78, 5) is 22.3. The highest BCUT2D eigenvalue weighted by molar-refractivity contribution is 5.89. The van der Waals surface area contributed by atoms with Gasteiger partial charge in [-0.1, -0.05) is 5.92 Å². The van der Waals surface area contributed by atoms with Crippen molar-refractivity contribution < 1.29 is 41.7 Å². The van der Waals surface area contributed by atoms with E-state index >= 15 is 0 Å². The number of hydrogen-bond acceptors (Lipinski definition) is 6. The summed E-state index contributed by atoms with van der Waals surface area (Å²) in [5.41, 5.74) is 1.01. The third-order valence-electron chi connectivity index (χ3n) is 3.06. The molecule has 6 nitrogen and oxygen atoms in total. The van der Waals surface area contributed by atoms with Crippen LogP contribution in [-0.2, 0) is 23.7 Å². The van der Waals surface area contributed by atoms with Gasteiger partial charge in [-0.05, 0) is 31.2 Å². The Hall–Kier alpha value is -2.57. The zero-order valence-electron chi connectivity index (χ0n) is 14.6. The summed E-state index contributed by atoms with van der Waals surface area (Å²) in [6.07, 6.45) is -0.523. The molecular formula is C18H19F3O6. The summed E-state index contributed by atoms with van der Waals surface area (Å²) in [6.45, 7) is 1.28. The van der Waals surface area contributed by atoms with Crippen molar-refractivity contribution in [1.29, 1.82) is 0 Å². The predicted octanol–water partition coefficient (Wildman–Crippen LogP) is 2.35. The molecule has 1 rings (SSSR count). The van der Waals surface area contributed by atoms with Gasteiger partial charge in [-0.2, -0.15) is 13.2 Å². The first kappa shape index (κ1) is 22.5. The molecular weight excluding hydrogens is 369 g/mol. The maximum absolute atomic E-state index is 11.9. The standard InChI is InChI=1S/C18H19F3O6/c1-3-14-4-6-15(7-5-14)16(22)26-11-9-24-8-10-25-13(2)12-27-17(23)18(19,20)21/h1,4-7,13H,8-12H2,2H3. The monoisotopic (exact) mass is 388 g/mol. The molecule has 0 saturated carbocycles. The average Bonchev–Trinajstić information content (AvgIpc) is 2.64. The van der Waals surface area contributed by atoms with E-state index in [0.29, 0.717) is 11.1 Å². The third-order valence-corrected chi connectivity index (χ3v) is 3.06. The molecule has 0 heterocycles. The van der Waals surface area contributed by atoms with Gasteiger partial charge in [-0.25, -0.2) is 9.59 Å². The van der Waals surface area contributed by atoms with Crippen LogP contribution in [0.3, 0.4) is 0 Å². The maximum atomic E-state index is 11.9. The molecule has 148 valence electrons. The van der Waals surface area contributed by atoms with Crippen LogP contribution in [-0.4, -0.2) is 57.3 Å². The van der Waals surface area contributed by atoms with Gasteiger partial charge in [0.2, 0.25) is 0 Å². The van der Waals surface area contributed by atoms with E-state index < -0.39 is 30.8 Å². The van der Waals surface area contributed by atoms with Gasteiger partial charge in [-0.15, -0.1) is 6.42 Å². The summed E-state index contributed by atoms with van der Waals surface area (Å²) in [6, 6.07) is 6.35. The van der Waals surface area contributed by atoms with E-state index in [9.17, 15) is 22.8 Å². The molecule has 0 amide bonds. The molecule has 27 heavy (non-hydrogen) atoms. The molecule has 0 spiro atoms. The van der Waals surface area contributed by atoms with Crippen LogP contribution >= 0.6 is 0 Å². The SMILES string of the molecule is C#Cc1ccc(C(=O)OCCOCCOC(C)COC(=O)C(F)(F)F)cc1. The van der Waals surface area contributed by atoms with E-state index in [2.05, 4.69) is 10.7 Å². The molecule has 1 atom stereocenters. The van der Waals surface area contributed by atoms with E-state index in [1.165, 1.54) is 6.92 Å². The molecule has 0 aliphatic carbocycles. The summed E-state index contributed by atoms with van der Waals surface area (Å²) in [5, 5.41) is 0. The van der Waals surface area contributed by atoms with E-state index in [0.717, 1.165) is 0 Å². The highest BCUT2D eigenvalue weighted by atomic mass is 19.4. The Balaban J connectivity index is 2.07. The lowest BCUT2D eigenvalue weighted by Gasteiger charge is -2.14. The Morgan fingerprint density at radius 1 is 1.07 bits per heavy atom. The van der Waals surface area contributed by atoms with Crippen LogP contribution in [0.5, 0.6) is 0 Å². The van der Waals surface area contributed by atoms with Gasteiger partial charge in [0.25, 0.3) is 0 Å². The fraction of sp³-hybridized carbons (Fsp3) is 0.444. The topological polar surface area (TPSA) is 71.1 Å². The quantitative estimate of drug-likeness (QED) is 0.348. The molecule has 0 N–H and O–H groups in total. The minimum Gasteiger partial charge on any atom is -0.460 e. The van der Waals surface area contributed by atoms with Crippen molar-refractivity contribution in [3.8, 4) is 12.3 Å². The van der Waals surface area contributed by atoms with Gasteiger partial charge in [-0.3, -0.25) is 0 Å². The lowest BCUT2D eigenvalue weighted by atomic mass is 10.1. The van der Waals surface area contributed by atoms with Crippen molar-refractivity contribution in [2.45, 2.75) is 19.2 Å². The Morgan fingerprint density at radius 2 is 1.70 bits per heavy atom. The molecule has 9 heteroatoms. The van der Waals surface area contributed by atoms with Crippen molar-refractivity contribution >= 4 is 11.9 Å². The predicted molar refractivity (Wildman–Crippen MR) is 87.9 cm³/mol. The summed E-state index contributed by atoms with van der Waals surface area (Å²) in [5.74, 6) is -0.340. The Bertz CT molecular complexity index is 649. The Morgan fingerprint density at radius 3 is 2.30 bits per heavy atom. The zero-order valence-corrected chi connectivity index (χ0v) is 14.6. The number of terminal acetylenes is 1. The first-order valence-corrected chi connectivity index (χ1v) is 7.91. The molecule has 0 saturated heterocycles. The Kier molecular flexibility index (Phi) is 9.33. The normalized spacial score (nSPS) is 12.1. The van der Waals surface area contributed by atoms with Gasteiger partial charge in [0, 0.05) is 5.56 Å². The van der Waals surface area contributed by atoms with Crippen molar-refractivity contribution in [2.75, 3.05) is 33.0 Å². The van der Waals surface area contributed by atoms with Gasteiger partial charge in [0.05, 0.1) is 31.5 Å². The molecule has 0 fully saturated rings. The van der Waals surface area contributed by atoms with Crippen molar-refractivity contribution in [3.05, 3.63) is 35.4 Å². The fourth-order valence-electron chi connectivity index (χ4n) is 1.71. The second kappa shape index (κ2) is 11.2. The molecule has 0 aliphatic heterocycles. The van der Waals surface area contributed by atoms with Crippen LogP contribution in [0.2, 0.25) is 0 Å². The highest BCUT2D eigenvalue weighted by Crippen LogP contribution is 2.16. The summed E-state index contributed by atoms with van der Waals surface area (Å²) >= 11 is 0. The van der Waals surface area contributed by atoms with Crippen LogP contribution in [0.4, 0.5) is 13.2 Å². The molecule has 0 aromatic heterocycles. The molecule has 0 aliphatic rings. The van der Waals surface area contributed by atoms with Crippen LogP contribution < -0.4 is 0 Å². The minimum atomic E-state index is -5.02. The average molecular weight is 388 g/mol. The third kappa shape index (κ3) is 9.08. The highest BCUT2D eigenvalue weighted by Gasteiger charge is 2.41. The smallest absolute Gasteiger partial charge is 0.460 e. The lowest BCUT2D eigenvalue weighted by molar-refractivity contribution is -0.202. The van der Waals surface area contributed by atoms with Crippen LogP contribution in [0.15, 0.2) is 24.3 Å². The zero-order chi connectivity index (χ0) is 20.3. The first-order chi connectivity index (χ1) is 12.7. The van der Waals surface area contributed by atoms with E-state index in [1.54, 1.807) is 24.3 Å². The first-order valence-electron chi connectivity index (χ1n) is 7.91. The number of hydrogen-bond donors (Lipinski definition) is 0. The largest absolute Gasteiger partial charge is 0.490 e. The van der Waals surface area contributed by atoms with E-state index in [1.807, 2.05) is 0 Å². The second-order valence-corrected chi connectivity index (χ2v) is 5.25. The van der Waals surface area contributed by atoms with Gasteiger partial charge in [0.15, 0.2) is 0 Å². The summed E-state index contributed by atoms with van der Waals surface area (Å²) < 4.78 is 55.2. The lowest BCUT2D eigenvalue weighted by Crippen LogP contribution is -2.29. The minimum absolute atomic E-state index is 0.0223. The molecule has 1 unspecified atom stereocenters. The van der Waals surface area contributed by atoms with Gasteiger partial charge >= 0.3 is 18.1 Å². The number of esters is 2. The second-order valence-electron chi connectivity index (χ2n) is 5.25. The van der Waals surface area contributed by atoms with Crippen LogP contribution in [0.25, 0.3) is 0 Å². The molecule has 1 aromatic rings. The fourth-order valence-corrected chi connectivity index (χ4v) is 1.71. The van der Waals surface area contributed by atoms with Crippen molar-refractivity contribution in [1.82, 2.24) is 0 Å². The van der Waals surface area contributed by atoms with Gasteiger partial charge in [0.1, 0.15) is 13.2 Å². The maximum Gasteiger partial charge on any atom is 0.490 e. The number of carbonyl (C=O) groups is 2. The van der Waals surface area contributed by atoms with Crippen molar-refractivity contribution in [3.63, 3.8) is 0 Å².